The standard InChI is InChI=1S/C15H23N5/c1-12-7-13(2)20(17-12)11-15-5-4-6-19(15)10-14-8-16-18(3)9-14/h7-9,15H,4-6,10-11H2,1-3H3/t15-/m1/s1. The zero-order valence-corrected chi connectivity index (χ0v) is 12.6. The van der Waals surface area contributed by atoms with E-state index in [2.05, 4.69) is 45.9 Å². The van der Waals surface area contributed by atoms with Crippen molar-refractivity contribution in [2.45, 2.75) is 45.8 Å². The molecule has 0 radical (unpaired) electrons. The molecule has 0 aliphatic carbocycles. The Bertz CT molecular complexity index is 583. The number of aryl methyl sites for hydroxylation is 3. The first-order chi connectivity index (χ1) is 9.61. The molecule has 0 bridgehead atoms. The molecule has 3 heterocycles. The monoisotopic (exact) mass is 273 g/mol. The predicted molar refractivity (Wildman–Crippen MR) is 78.3 cm³/mol. The Morgan fingerprint density at radius 1 is 1.35 bits per heavy atom. The second-order valence-electron chi connectivity index (χ2n) is 5.90. The van der Waals surface area contributed by atoms with Crippen LogP contribution in [-0.2, 0) is 20.1 Å². The van der Waals surface area contributed by atoms with Crippen LogP contribution in [0, 0.1) is 13.8 Å². The van der Waals surface area contributed by atoms with Crippen molar-refractivity contribution < 1.29 is 0 Å². The van der Waals surface area contributed by atoms with Gasteiger partial charge in [-0.25, -0.2) is 0 Å². The summed E-state index contributed by atoms with van der Waals surface area (Å²) in [6, 6.07) is 2.74. The quantitative estimate of drug-likeness (QED) is 0.854. The van der Waals surface area contributed by atoms with Crippen molar-refractivity contribution in [1.29, 1.82) is 0 Å². The van der Waals surface area contributed by atoms with Crippen LogP contribution in [0.4, 0.5) is 0 Å². The summed E-state index contributed by atoms with van der Waals surface area (Å²) in [5, 5.41) is 8.85. The minimum atomic E-state index is 0.591. The maximum absolute atomic E-state index is 4.59. The number of aromatic nitrogens is 4. The second kappa shape index (κ2) is 5.40. The van der Waals surface area contributed by atoms with Crippen molar-refractivity contribution in [3.05, 3.63) is 35.4 Å². The molecule has 1 aliphatic heterocycles. The molecule has 0 N–H and O–H groups in total. The van der Waals surface area contributed by atoms with Crippen LogP contribution < -0.4 is 0 Å². The summed E-state index contributed by atoms with van der Waals surface area (Å²) in [7, 11) is 1.97. The molecular weight excluding hydrogens is 250 g/mol. The van der Waals surface area contributed by atoms with Crippen molar-refractivity contribution >= 4 is 0 Å². The molecule has 1 fully saturated rings. The van der Waals surface area contributed by atoms with Gasteiger partial charge >= 0.3 is 0 Å². The van der Waals surface area contributed by atoms with E-state index in [0.29, 0.717) is 6.04 Å². The fourth-order valence-electron chi connectivity index (χ4n) is 3.16. The van der Waals surface area contributed by atoms with Gasteiger partial charge in [0.25, 0.3) is 0 Å². The Balaban J connectivity index is 1.67. The maximum atomic E-state index is 4.59. The van der Waals surface area contributed by atoms with Crippen molar-refractivity contribution in [2.24, 2.45) is 7.05 Å². The van der Waals surface area contributed by atoms with Crippen molar-refractivity contribution in [3.63, 3.8) is 0 Å². The minimum absolute atomic E-state index is 0.591. The van der Waals surface area contributed by atoms with Gasteiger partial charge in [-0.1, -0.05) is 0 Å². The number of likely N-dealkylation sites (tertiary alicyclic amines) is 1. The number of rotatable bonds is 4. The van der Waals surface area contributed by atoms with Gasteiger partial charge in [-0.05, 0) is 39.3 Å². The maximum Gasteiger partial charge on any atom is 0.0596 e. The van der Waals surface area contributed by atoms with Crippen LogP contribution in [0.15, 0.2) is 18.5 Å². The second-order valence-corrected chi connectivity index (χ2v) is 5.90. The van der Waals surface area contributed by atoms with Crippen molar-refractivity contribution in [1.82, 2.24) is 24.5 Å². The lowest BCUT2D eigenvalue weighted by Gasteiger charge is -2.24. The molecule has 20 heavy (non-hydrogen) atoms. The molecule has 0 spiro atoms. The Morgan fingerprint density at radius 3 is 2.85 bits per heavy atom. The van der Waals surface area contributed by atoms with Crippen LogP contribution in [0.5, 0.6) is 0 Å². The Morgan fingerprint density at radius 2 is 2.20 bits per heavy atom. The zero-order chi connectivity index (χ0) is 14.1. The highest BCUT2D eigenvalue weighted by molar-refractivity contribution is 5.07. The molecule has 3 rings (SSSR count). The van der Waals surface area contributed by atoms with E-state index in [4.69, 9.17) is 0 Å². The SMILES string of the molecule is Cc1cc(C)n(C[C@H]2CCCN2Cc2cnn(C)c2)n1. The van der Waals surface area contributed by atoms with Gasteiger partial charge < -0.3 is 0 Å². The van der Waals surface area contributed by atoms with Crippen LogP contribution in [0.1, 0.15) is 29.8 Å². The van der Waals surface area contributed by atoms with Gasteiger partial charge in [-0.15, -0.1) is 0 Å². The average Bonchev–Trinajstić information content (AvgIpc) is 3.05. The number of hydrogen-bond acceptors (Lipinski definition) is 3. The van der Waals surface area contributed by atoms with Gasteiger partial charge in [-0.3, -0.25) is 14.3 Å². The highest BCUT2D eigenvalue weighted by Crippen LogP contribution is 2.21. The zero-order valence-electron chi connectivity index (χ0n) is 12.6. The normalized spacial score (nSPS) is 19.9. The van der Waals surface area contributed by atoms with Crippen LogP contribution >= 0.6 is 0 Å². The first kappa shape index (κ1) is 13.4. The summed E-state index contributed by atoms with van der Waals surface area (Å²) in [5.41, 5.74) is 3.67. The molecule has 1 atom stereocenters. The Labute approximate surface area is 120 Å². The molecule has 2 aromatic rings. The summed E-state index contributed by atoms with van der Waals surface area (Å²) >= 11 is 0. The van der Waals surface area contributed by atoms with E-state index in [0.717, 1.165) is 18.8 Å². The molecule has 0 amide bonds. The van der Waals surface area contributed by atoms with Crippen LogP contribution in [0.3, 0.4) is 0 Å². The number of nitrogens with zero attached hydrogens (tertiary/aromatic N) is 5. The van der Waals surface area contributed by atoms with E-state index in [9.17, 15) is 0 Å². The fourth-order valence-corrected chi connectivity index (χ4v) is 3.16. The van der Waals surface area contributed by atoms with Gasteiger partial charge in [-0.2, -0.15) is 10.2 Å². The van der Waals surface area contributed by atoms with Gasteiger partial charge in [0.1, 0.15) is 0 Å². The molecule has 0 saturated carbocycles. The molecule has 0 aromatic carbocycles. The van der Waals surface area contributed by atoms with E-state index >= 15 is 0 Å². The summed E-state index contributed by atoms with van der Waals surface area (Å²) in [4.78, 5) is 2.56. The first-order valence-electron chi connectivity index (χ1n) is 7.34. The van der Waals surface area contributed by atoms with Crippen LogP contribution in [0.2, 0.25) is 0 Å². The summed E-state index contributed by atoms with van der Waals surface area (Å²) in [6.45, 7) is 7.38. The molecule has 1 aliphatic rings. The van der Waals surface area contributed by atoms with Gasteiger partial charge in [0.2, 0.25) is 0 Å². The van der Waals surface area contributed by atoms with E-state index in [1.165, 1.54) is 30.6 Å². The van der Waals surface area contributed by atoms with Gasteiger partial charge in [0, 0.05) is 37.1 Å². The largest absolute Gasteiger partial charge is 0.294 e. The topological polar surface area (TPSA) is 38.9 Å². The lowest BCUT2D eigenvalue weighted by Crippen LogP contribution is -2.33. The molecule has 5 nitrogen and oxygen atoms in total. The summed E-state index contributed by atoms with van der Waals surface area (Å²) in [6.07, 6.45) is 6.63. The summed E-state index contributed by atoms with van der Waals surface area (Å²) in [5.74, 6) is 0. The highest BCUT2D eigenvalue weighted by atomic mass is 15.3. The van der Waals surface area contributed by atoms with E-state index < -0.39 is 0 Å². The van der Waals surface area contributed by atoms with Crippen LogP contribution in [0.25, 0.3) is 0 Å². The smallest absolute Gasteiger partial charge is 0.0596 e. The van der Waals surface area contributed by atoms with E-state index in [-0.39, 0.29) is 0 Å². The third kappa shape index (κ3) is 2.77. The Kier molecular flexibility index (Phi) is 3.61. The van der Waals surface area contributed by atoms with Crippen LogP contribution in [-0.4, -0.2) is 37.0 Å². The lowest BCUT2D eigenvalue weighted by molar-refractivity contribution is 0.218. The third-order valence-electron chi connectivity index (χ3n) is 4.13. The first-order valence-corrected chi connectivity index (χ1v) is 7.34. The van der Waals surface area contributed by atoms with E-state index in [1.54, 1.807) is 0 Å². The Hall–Kier alpha value is -1.62. The molecular formula is C15H23N5. The number of hydrogen-bond donors (Lipinski definition) is 0. The molecule has 0 unspecified atom stereocenters. The van der Waals surface area contributed by atoms with Gasteiger partial charge in [0.15, 0.2) is 0 Å². The molecule has 108 valence electrons. The van der Waals surface area contributed by atoms with Gasteiger partial charge in [0.05, 0.1) is 18.4 Å². The summed E-state index contributed by atoms with van der Waals surface area (Å²) < 4.78 is 4.03. The molecule has 2 aromatic heterocycles. The molecule has 1 saturated heterocycles. The third-order valence-corrected chi connectivity index (χ3v) is 4.13. The predicted octanol–water partition coefficient (Wildman–Crippen LogP) is 1.90. The van der Waals surface area contributed by atoms with Crippen molar-refractivity contribution in [3.8, 4) is 0 Å². The van der Waals surface area contributed by atoms with Crippen molar-refractivity contribution in [2.75, 3.05) is 6.54 Å². The lowest BCUT2D eigenvalue weighted by atomic mass is 10.2. The average molecular weight is 273 g/mol. The molecule has 5 heteroatoms. The highest BCUT2D eigenvalue weighted by Gasteiger charge is 2.25. The minimum Gasteiger partial charge on any atom is -0.294 e. The van der Waals surface area contributed by atoms with E-state index in [1.807, 2.05) is 17.9 Å². The fraction of sp³-hybridized carbons (Fsp3) is 0.600.